The topological polar surface area (TPSA) is 9.23 Å². The minimum atomic E-state index is -2.11. The van der Waals surface area contributed by atoms with Gasteiger partial charge in [-0.15, -0.1) is 46.4 Å². The summed E-state index contributed by atoms with van der Waals surface area (Å²) in [7, 11) is -5.09. The molecule has 0 aromatic rings. The fourth-order valence-corrected chi connectivity index (χ4v) is 42.4. The van der Waals surface area contributed by atoms with Gasteiger partial charge in [0.25, 0.3) is 0 Å². The number of halogens is 4. The van der Waals surface area contributed by atoms with Gasteiger partial charge in [-0.1, -0.05) is 26.2 Å². The molecule has 0 spiro atoms. The van der Waals surface area contributed by atoms with Crippen LogP contribution in [-0.4, -0.2) is 50.9 Å². The van der Waals surface area contributed by atoms with Crippen molar-refractivity contribution in [2.45, 2.75) is 37.8 Å². The fourth-order valence-electron chi connectivity index (χ4n) is 2.83. The summed E-state index contributed by atoms with van der Waals surface area (Å²) < 4.78 is 6.52. The van der Waals surface area contributed by atoms with E-state index in [2.05, 4.69) is 26.2 Å². The Morgan fingerprint density at radius 3 is 1.72 bits per heavy atom. The van der Waals surface area contributed by atoms with Crippen LogP contribution in [0.5, 0.6) is 0 Å². The van der Waals surface area contributed by atoms with E-state index in [4.69, 9.17) is 50.8 Å². The first-order valence-electron chi connectivity index (χ1n) is 6.10. The van der Waals surface area contributed by atoms with E-state index in [1.807, 2.05) is 0 Å². The van der Waals surface area contributed by atoms with Crippen LogP contribution in [0.25, 0.3) is 0 Å². The lowest BCUT2D eigenvalue weighted by Crippen LogP contribution is -2.83. The molecule has 1 aliphatic heterocycles. The van der Waals surface area contributed by atoms with Crippen molar-refractivity contribution in [3.05, 3.63) is 0 Å². The smallest absolute Gasteiger partial charge is 0.206 e. The molecule has 1 aliphatic rings. The molecule has 1 rings (SSSR count). The molecule has 0 unspecified atom stereocenters. The van der Waals surface area contributed by atoms with Crippen LogP contribution in [0, 0.1) is 0 Å². The number of rotatable bonds is 4. The van der Waals surface area contributed by atoms with Gasteiger partial charge >= 0.3 is 0 Å². The standard InChI is InChI=1S/C10H22Cl4OSi3/c1-16(2)7-10(5-11,6-12)15-18(8-13,9-14)17(16,3)4/h5-9H2,1-4H3. The minimum absolute atomic E-state index is 0.392. The van der Waals surface area contributed by atoms with Crippen LogP contribution in [0.15, 0.2) is 0 Å². The summed E-state index contributed by atoms with van der Waals surface area (Å²) in [4.78, 5) is 0. The van der Waals surface area contributed by atoms with Crippen molar-refractivity contribution in [3.63, 3.8) is 0 Å². The fraction of sp³-hybridized carbons (Fsp3) is 1.00. The summed E-state index contributed by atoms with van der Waals surface area (Å²) in [6.07, 6.45) is 0. The van der Waals surface area contributed by atoms with E-state index in [0.717, 1.165) is 6.04 Å². The maximum absolute atomic E-state index is 6.52. The van der Waals surface area contributed by atoms with Gasteiger partial charge in [-0.2, -0.15) is 0 Å². The van der Waals surface area contributed by atoms with Crippen molar-refractivity contribution in [1.82, 2.24) is 0 Å². The van der Waals surface area contributed by atoms with Crippen LogP contribution in [0.3, 0.4) is 0 Å². The zero-order chi connectivity index (χ0) is 14.2. The van der Waals surface area contributed by atoms with Crippen molar-refractivity contribution in [1.29, 1.82) is 0 Å². The Labute approximate surface area is 133 Å². The molecular formula is C10H22Cl4OSi3. The highest BCUT2D eigenvalue weighted by Gasteiger charge is 2.65. The molecule has 0 aromatic carbocycles. The molecule has 108 valence electrons. The van der Waals surface area contributed by atoms with Gasteiger partial charge in [0.05, 0.1) is 24.5 Å². The molecule has 0 bridgehead atoms. The lowest BCUT2D eigenvalue weighted by Gasteiger charge is -2.59. The van der Waals surface area contributed by atoms with Gasteiger partial charge in [-0.3, -0.25) is 0 Å². The highest BCUT2D eigenvalue weighted by atomic mass is 35.5. The molecule has 0 aliphatic carbocycles. The Hall–Kier alpha value is 1.77. The van der Waals surface area contributed by atoms with E-state index in [1.54, 1.807) is 0 Å². The lowest BCUT2D eigenvalue weighted by atomic mass is 10.2. The first kappa shape index (κ1) is 17.8. The Balaban J connectivity index is 3.31. The largest absolute Gasteiger partial charge is 0.410 e. The third kappa shape index (κ3) is 2.61. The van der Waals surface area contributed by atoms with Crippen LogP contribution >= 0.6 is 46.4 Å². The van der Waals surface area contributed by atoms with Crippen molar-refractivity contribution in [2.24, 2.45) is 0 Å². The normalized spacial score (nSPS) is 28.0. The molecule has 1 nitrogen and oxygen atoms in total. The van der Waals surface area contributed by atoms with Crippen molar-refractivity contribution < 1.29 is 4.43 Å². The maximum atomic E-state index is 6.52. The summed E-state index contributed by atoms with van der Waals surface area (Å²) in [6, 6.07) is 1.04. The lowest BCUT2D eigenvalue weighted by molar-refractivity contribution is 0.129. The van der Waals surface area contributed by atoms with Crippen LogP contribution in [0.4, 0.5) is 0 Å². The van der Waals surface area contributed by atoms with E-state index in [-0.39, 0.29) is 0 Å². The van der Waals surface area contributed by atoms with Crippen LogP contribution in [0.1, 0.15) is 0 Å². The third-order valence-corrected chi connectivity index (χ3v) is 47.8. The highest BCUT2D eigenvalue weighted by molar-refractivity contribution is 7.69. The minimum Gasteiger partial charge on any atom is -0.410 e. The molecule has 18 heavy (non-hydrogen) atoms. The second-order valence-corrected chi connectivity index (χ2v) is 34.5. The summed E-state index contributed by atoms with van der Waals surface area (Å²) in [6.45, 7) is 9.72. The van der Waals surface area contributed by atoms with Crippen LogP contribution in [0.2, 0.25) is 32.2 Å². The van der Waals surface area contributed by atoms with Crippen molar-refractivity contribution >= 4 is 68.9 Å². The Morgan fingerprint density at radius 2 is 1.39 bits per heavy atom. The molecule has 0 aromatic heterocycles. The second kappa shape index (κ2) is 5.87. The molecule has 0 N–H and O–H groups in total. The summed E-state index contributed by atoms with van der Waals surface area (Å²) in [5, 5.41) is 0. The molecule has 0 amide bonds. The zero-order valence-electron chi connectivity index (χ0n) is 11.5. The van der Waals surface area contributed by atoms with E-state index >= 15 is 0 Å². The van der Waals surface area contributed by atoms with Gasteiger partial charge < -0.3 is 4.43 Å². The summed E-state index contributed by atoms with van der Waals surface area (Å²) in [5.74, 6) is 0.889. The van der Waals surface area contributed by atoms with E-state index in [0.29, 0.717) is 22.8 Å². The first-order valence-corrected chi connectivity index (χ1v) is 18.8. The molecule has 1 heterocycles. The average molecular weight is 384 g/mol. The molecule has 0 radical (unpaired) electrons. The molecule has 8 heteroatoms. The van der Waals surface area contributed by atoms with Gasteiger partial charge in [-0.25, -0.2) is 0 Å². The van der Waals surface area contributed by atoms with E-state index < -0.39 is 28.1 Å². The molecule has 0 saturated carbocycles. The predicted octanol–water partition coefficient (Wildman–Crippen LogP) is 4.31. The molecular weight excluding hydrogens is 362 g/mol. The zero-order valence-corrected chi connectivity index (χ0v) is 17.5. The molecule has 1 fully saturated rings. The predicted molar refractivity (Wildman–Crippen MR) is 92.2 cm³/mol. The SMILES string of the molecule is C[Si]1(C)CC(CCl)(CCl)O[Si](CCl)(CCl)[Si]1(C)C. The first-order chi connectivity index (χ1) is 8.16. The van der Waals surface area contributed by atoms with Gasteiger partial charge in [0.15, 0.2) is 0 Å². The van der Waals surface area contributed by atoms with Gasteiger partial charge in [0.1, 0.15) is 0 Å². The summed E-state index contributed by atoms with van der Waals surface area (Å²) >= 11 is 25.0. The number of hydrogen-bond acceptors (Lipinski definition) is 1. The van der Waals surface area contributed by atoms with Crippen LogP contribution < -0.4 is 0 Å². The summed E-state index contributed by atoms with van der Waals surface area (Å²) in [5.41, 5.74) is 0.751. The van der Waals surface area contributed by atoms with Gasteiger partial charge in [0, 0.05) is 18.6 Å². The Morgan fingerprint density at radius 1 is 0.944 bits per heavy atom. The van der Waals surface area contributed by atoms with Crippen molar-refractivity contribution in [2.75, 3.05) is 22.8 Å². The van der Waals surface area contributed by atoms with E-state index in [1.165, 1.54) is 0 Å². The highest BCUT2D eigenvalue weighted by Crippen LogP contribution is 2.45. The second-order valence-electron chi connectivity index (χ2n) is 6.50. The third-order valence-electron chi connectivity index (χ3n) is 4.93. The van der Waals surface area contributed by atoms with Crippen LogP contribution in [-0.2, 0) is 4.43 Å². The monoisotopic (exact) mass is 382 g/mol. The Bertz CT molecular complexity index is 303. The van der Waals surface area contributed by atoms with Crippen molar-refractivity contribution in [3.8, 4) is 0 Å². The quantitative estimate of drug-likeness (QED) is 0.519. The van der Waals surface area contributed by atoms with Gasteiger partial charge in [-0.05, 0) is 6.04 Å². The molecule has 1 saturated heterocycles. The van der Waals surface area contributed by atoms with E-state index in [9.17, 15) is 0 Å². The maximum Gasteiger partial charge on any atom is 0.206 e. The number of alkyl halides is 4. The number of hydrogen-bond donors (Lipinski definition) is 0. The van der Waals surface area contributed by atoms with Gasteiger partial charge in [0.2, 0.25) is 7.83 Å². The Kier molecular flexibility index (Phi) is 5.81. The average Bonchev–Trinajstić information content (AvgIpc) is 2.33. The molecule has 0 atom stereocenters.